The van der Waals surface area contributed by atoms with Crippen LogP contribution in [-0.4, -0.2) is 58.4 Å². The van der Waals surface area contributed by atoms with Gasteiger partial charge in [0.1, 0.15) is 18.7 Å². The van der Waals surface area contributed by atoms with Gasteiger partial charge >= 0.3 is 11.9 Å². The number of carbonyl (C=O) groups excluding carboxylic acids is 4. The van der Waals surface area contributed by atoms with Crippen molar-refractivity contribution in [2.75, 3.05) is 18.0 Å². The van der Waals surface area contributed by atoms with Crippen LogP contribution in [0.4, 0.5) is 5.69 Å². The molecule has 0 aromatic heterocycles. The second-order valence-corrected chi connectivity index (χ2v) is 8.13. The van der Waals surface area contributed by atoms with Crippen molar-refractivity contribution in [2.24, 2.45) is 0 Å². The van der Waals surface area contributed by atoms with Gasteiger partial charge in [0.2, 0.25) is 5.91 Å². The number of benzene rings is 2. The van der Waals surface area contributed by atoms with Crippen molar-refractivity contribution in [3.63, 3.8) is 0 Å². The van der Waals surface area contributed by atoms with Gasteiger partial charge < -0.3 is 9.84 Å². The van der Waals surface area contributed by atoms with Crippen molar-refractivity contribution in [1.82, 2.24) is 4.90 Å². The summed E-state index contributed by atoms with van der Waals surface area (Å²) >= 11 is 0. The number of imide groups is 1. The van der Waals surface area contributed by atoms with E-state index < -0.39 is 48.4 Å². The first-order valence-corrected chi connectivity index (χ1v) is 9.79. The van der Waals surface area contributed by atoms with E-state index in [2.05, 4.69) is 0 Å². The zero-order valence-electron chi connectivity index (χ0n) is 17.8. The first-order valence-electron chi connectivity index (χ1n) is 9.79. The third-order valence-corrected chi connectivity index (χ3v) is 4.58. The largest absolute Gasteiger partial charge is 0.480 e. The van der Waals surface area contributed by atoms with Crippen LogP contribution in [0.3, 0.4) is 0 Å². The van der Waals surface area contributed by atoms with Gasteiger partial charge in [0, 0.05) is 0 Å². The maximum absolute atomic E-state index is 13.1. The number of carboxylic acids is 1. The van der Waals surface area contributed by atoms with Crippen molar-refractivity contribution in [3.05, 3.63) is 65.2 Å². The summed E-state index contributed by atoms with van der Waals surface area (Å²) < 4.78 is 5.37. The molecular weight excluding hydrogens is 416 g/mol. The summed E-state index contributed by atoms with van der Waals surface area (Å²) in [5.74, 6) is -4.20. The molecular formula is C23H22N2O7. The van der Waals surface area contributed by atoms with Crippen LogP contribution in [0.5, 0.6) is 0 Å². The van der Waals surface area contributed by atoms with Crippen LogP contribution < -0.4 is 4.90 Å². The Balaban J connectivity index is 1.93. The van der Waals surface area contributed by atoms with E-state index in [1.165, 1.54) is 30.3 Å². The van der Waals surface area contributed by atoms with Crippen molar-refractivity contribution < 1.29 is 33.8 Å². The van der Waals surface area contributed by atoms with Gasteiger partial charge in [-0.05, 0) is 45.0 Å². The van der Waals surface area contributed by atoms with Crippen molar-refractivity contribution in [1.29, 1.82) is 0 Å². The van der Waals surface area contributed by atoms with Crippen LogP contribution in [0.25, 0.3) is 0 Å². The van der Waals surface area contributed by atoms with Gasteiger partial charge in [-0.3, -0.25) is 29.0 Å². The number of fused-ring (bicyclic) bond motifs is 1. The molecule has 166 valence electrons. The number of carbonyl (C=O) groups is 5. The molecule has 0 saturated carbocycles. The first kappa shape index (κ1) is 22.7. The summed E-state index contributed by atoms with van der Waals surface area (Å²) in [6, 6.07) is 12.1. The lowest BCUT2D eigenvalue weighted by Crippen LogP contribution is -2.45. The number of carboxylic acid groups (broad SMARTS) is 1. The smallest absolute Gasteiger partial charge is 0.340 e. The molecule has 0 radical (unpaired) electrons. The second-order valence-electron chi connectivity index (χ2n) is 8.13. The number of aliphatic carboxylic acids is 1. The topological polar surface area (TPSA) is 121 Å². The van der Waals surface area contributed by atoms with E-state index in [1.54, 1.807) is 39.0 Å². The van der Waals surface area contributed by atoms with Gasteiger partial charge in [-0.1, -0.05) is 24.3 Å². The average molecular weight is 438 g/mol. The average Bonchev–Trinajstić information content (AvgIpc) is 2.96. The number of ether oxygens (including phenoxy) is 1. The van der Waals surface area contributed by atoms with E-state index in [4.69, 9.17) is 4.74 Å². The minimum atomic E-state index is -1.33. The van der Waals surface area contributed by atoms with E-state index in [-0.39, 0.29) is 22.4 Å². The summed E-state index contributed by atoms with van der Waals surface area (Å²) in [6.07, 6.45) is 0. The van der Waals surface area contributed by atoms with Gasteiger partial charge in [0.05, 0.1) is 22.4 Å². The SMILES string of the molecule is CC(C)(C)OC(=O)c1ccccc1N(CC(=O)O)C(=O)CN1C(=O)c2ccccc2C1=O. The van der Waals surface area contributed by atoms with Gasteiger partial charge in [0.25, 0.3) is 11.8 Å². The number of rotatable bonds is 6. The zero-order chi connectivity index (χ0) is 23.6. The first-order chi connectivity index (χ1) is 15.0. The molecule has 3 amide bonds. The molecule has 2 aromatic carbocycles. The Kier molecular flexibility index (Phi) is 6.11. The molecule has 0 aliphatic carbocycles. The molecule has 9 nitrogen and oxygen atoms in total. The predicted octanol–water partition coefficient (Wildman–Crippen LogP) is 2.36. The Hall–Kier alpha value is -4.01. The van der Waals surface area contributed by atoms with E-state index in [0.717, 1.165) is 9.80 Å². The van der Waals surface area contributed by atoms with Crippen molar-refractivity contribution in [2.45, 2.75) is 26.4 Å². The molecule has 3 rings (SSSR count). The van der Waals surface area contributed by atoms with Gasteiger partial charge in [-0.25, -0.2) is 4.79 Å². The van der Waals surface area contributed by atoms with Crippen LogP contribution >= 0.6 is 0 Å². The van der Waals surface area contributed by atoms with Crippen LogP contribution in [-0.2, 0) is 14.3 Å². The Labute approximate surface area is 184 Å². The number of amides is 3. The number of para-hydroxylation sites is 1. The van der Waals surface area contributed by atoms with Crippen LogP contribution in [0.1, 0.15) is 51.8 Å². The normalized spacial score (nSPS) is 13.0. The molecule has 0 spiro atoms. The summed E-state index contributed by atoms with van der Waals surface area (Å²) in [4.78, 5) is 64.1. The van der Waals surface area contributed by atoms with Gasteiger partial charge in [0.15, 0.2) is 0 Å². The van der Waals surface area contributed by atoms with E-state index >= 15 is 0 Å². The van der Waals surface area contributed by atoms with E-state index in [0.29, 0.717) is 0 Å². The van der Waals surface area contributed by atoms with Crippen LogP contribution in [0.15, 0.2) is 48.5 Å². The monoisotopic (exact) mass is 438 g/mol. The molecule has 0 atom stereocenters. The molecule has 0 fully saturated rings. The summed E-state index contributed by atoms with van der Waals surface area (Å²) in [7, 11) is 0. The minimum Gasteiger partial charge on any atom is -0.480 e. The van der Waals surface area contributed by atoms with Gasteiger partial charge in [-0.2, -0.15) is 0 Å². The number of hydrogen-bond donors (Lipinski definition) is 1. The maximum Gasteiger partial charge on any atom is 0.340 e. The molecule has 2 aromatic rings. The second kappa shape index (κ2) is 8.62. The number of anilines is 1. The fourth-order valence-corrected chi connectivity index (χ4v) is 3.26. The number of hydrogen-bond acceptors (Lipinski definition) is 6. The highest BCUT2D eigenvalue weighted by Gasteiger charge is 2.38. The highest BCUT2D eigenvalue weighted by molar-refractivity contribution is 6.23. The number of esters is 1. The highest BCUT2D eigenvalue weighted by Crippen LogP contribution is 2.26. The highest BCUT2D eigenvalue weighted by atomic mass is 16.6. The summed E-state index contributed by atoms with van der Waals surface area (Å²) in [5, 5.41) is 9.36. The van der Waals surface area contributed by atoms with Crippen LogP contribution in [0, 0.1) is 0 Å². The van der Waals surface area contributed by atoms with Crippen molar-refractivity contribution >= 4 is 35.3 Å². The molecule has 0 saturated heterocycles. The third kappa shape index (κ3) is 4.66. The molecule has 1 aliphatic rings. The van der Waals surface area contributed by atoms with E-state index in [9.17, 15) is 29.1 Å². The molecule has 32 heavy (non-hydrogen) atoms. The predicted molar refractivity (Wildman–Crippen MR) is 113 cm³/mol. The molecule has 9 heteroatoms. The molecule has 0 bridgehead atoms. The minimum absolute atomic E-state index is 0.00533. The lowest BCUT2D eigenvalue weighted by Gasteiger charge is -2.26. The Morgan fingerprint density at radius 1 is 0.938 bits per heavy atom. The molecule has 1 aliphatic heterocycles. The zero-order valence-corrected chi connectivity index (χ0v) is 17.8. The Bertz CT molecular complexity index is 1080. The molecule has 1 N–H and O–H groups in total. The molecule has 1 heterocycles. The lowest BCUT2D eigenvalue weighted by atomic mass is 10.1. The fraction of sp³-hybridized carbons (Fsp3) is 0.261. The van der Waals surface area contributed by atoms with Crippen LogP contribution in [0.2, 0.25) is 0 Å². The van der Waals surface area contributed by atoms with E-state index in [1.807, 2.05) is 0 Å². The Morgan fingerprint density at radius 3 is 2.00 bits per heavy atom. The summed E-state index contributed by atoms with van der Waals surface area (Å²) in [5.41, 5.74) is -0.481. The van der Waals surface area contributed by atoms with Crippen molar-refractivity contribution in [3.8, 4) is 0 Å². The quantitative estimate of drug-likeness (QED) is 0.543. The standard InChI is InChI=1S/C23H22N2O7/c1-23(2,3)32-22(31)16-10-6-7-11-17(16)24(13-19(27)28)18(26)12-25-20(29)14-8-4-5-9-15(14)21(25)30/h4-11H,12-13H2,1-3H3,(H,27,28). The maximum atomic E-state index is 13.1. The summed E-state index contributed by atoms with van der Waals surface area (Å²) in [6.45, 7) is 3.58. The van der Waals surface area contributed by atoms with Gasteiger partial charge in [-0.15, -0.1) is 0 Å². The number of nitrogens with zero attached hydrogens (tertiary/aromatic N) is 2. The Morgan fingerprint density at radius 2 is 1.47 bits per heavy atom. The third-order valence-electron chi connectivity index (χ3n) is 4.58. The molecule has 0 unspecified atom stereocenters. The lowest BCUT2D eigenvalue weighted by molar-refractivity contribution is -0.136. The fourth-order valence-electron chi connectivity index (χ4n) is 3.26.